The van der Waals surface area contributed by atoms with E-state index in [0.717, 1.165) is 11.1 Å². The third kappa shape index (κ3) is 2.02. The Hall–Kier alpha value is -1.57. The highest BCUT2D eigenvalue weighted by molar-refractivity contribution is 6.15. The molecule has 14 heavy (non-hydrogen) atoms. The molecule has 0 aliphatic heterocycles. The molecule has 0 atom stereocenters. The van der Waals surface area contributed by atoms with E-state index in [-0.39, 0.29) is 5.97 Å². The van der Waals surface area contributed by atoms with Gasteiger partial charge in [0.25, 0.3) is 0 Å². The van der Waals surface area contributed by atoms with Crippen LogP contribution in [-0.4, -0.2) is 13.1 Å². The van der Waals surface area contributed by atoms with Gasteiger partial charge in [0, 0.05) is 0 Å². The number of ether oxygens (including phenoxy) is 1. The van der Waals surface area contributed by atoms with Crippen molar-refractivity contribution in [3.63, 3.8) is 0 Å². The predicted molar refractivity (Wildman–Crippen MR) is 57.0 cm³/mol. The number of methoxy groups -OCH3 is 1. The molecule has 0 aromatic heterocycles. The summed E-state index contributed by atoms with van der Waals surface area (Å²) in [6, 6.07) is 5.86. The molecule has 1 aromatic rings. The summed E-state index contributed by atoms with van der Waals surface area (Å²) >= 11 is 0. The van der Waals surface area contributed by atoms with E-state index in [1.807, 2.05) is 32.0 Å². The maximum Gasteiger partial charge on any atom is 0.337 e. The fourth-order valence-electron chi connectivity index (χ4n) is 1.39. The summed E-state index contributed by atoms with van der Waals surface area (Å²) in [5, 5.41) is 0. The first-order valence-corrected chi connectivity index (χ1v) is 4.41. The van der Waals surface area contributed by atoms with Crippen LogP contribution in [-0.2, 0) is 9.53 Å². The molecule has 0 aliphatic rings. The Bertz CT molecular complexity index is 378. The van der Waals surface area contributed by atoms with Crippen LogP contribution in [0.1, 0.15) is 16.7 Å². The molecular weight excluding hydrogens is 176 g/mol. The summed E-state index contributed by atoms with van der Waals surface area (Å²) in [5.74, 6) is -0.378. The molecule has 0 N–H and O–H groups in total. The van der Waals surface area contributed by atoms with Gasteiger partial charge in [-0.25, -0.2) is 4.79 Å². The normalized spacial score (nSPS) is 9.64. The maximum atomic E-state index is 11.2. The van der Waals surface area contributed by atoms with Crippen molar-refractivity contribution in [3.8, 4) is 0 Å². The van der Waals surface area contributed by atoms with Gasteiger partial charge >= 0.3 is 5.97 Å². The SMILES string of the molecule is C=C(C(=O)OC)c1ccc(C)cc1C. The Morgan fingerprint density at radius 3 is 2.50 bits per heavy atom. The van der Waals surface area contributed by atoms with Crippen molar-refractivity contribution in [2.75, 3.05) is 7.11 Å². The van der Waals surface area contributed by atoms with Gasteiger partial charge in [-0.2, -0.15) is 0 Å². The molecular formula is C12H14O2. The first kappa shape index (κ1) is 10.5. The zero-order valence-electron chi connectivity index (χ0n) is 8.76. The van der Waals surface area contributed by atoms with E-state index in [9.17, 15) is 4.79 Å². The van der Waals surface area contributed by atoms with Crippen LogP contribution in [0.4, 0.5) is 0 Å². The quantitative estimate of drug-likeness (QED) is 0.529. The summed E-state index contributed by atoms with van der Waals surface area (Å²) < 4.78 is 4.61. The van der Waals surface area contributed by atoms with Gasteiger partial charge in [0.15, 0.2) is 0 Å². The second-order valence-electron chi connectivity index (χ2n) is 3.29. The van der Waals surface area contributed by atoms with E-state index < -0.39 is 0 Å². The standard InChI is InChI=1S/C12H14O2/c1-8-5-6-11(9(2)7-8)10(3)12(13)14-4/h5-7H,3H2,1-2,4H3. The molecule has 0 unspecified atom stereocenters. The van der Waals surface area contributed by atoms with Gasteiger partial charge in [-0.3, -0.25) is 0 Å². The summed E-state index contributed by atoms with van der Waals surface area (Å²) in [6.07, 6.45) is 0. The average Bonchev–Trinajstić information content (AvgIpc) is 2.15. The number of hydrogen-bond donors (Lipinski definition) is 0. The van der Waals surface area contributed by atoms with Crippen molar-refractivity contribution >= 4 is 11.5 Å². The number of benzene rings is 1. The fourth-order valence-corrected chi connectivity index (χ4v) is 1.39. The van der Waals surface area contributed by atoms with Crippen LogP contribution < -0.4 is 0 Å². The Labute approximate surface area is 84.2 Å². The maximum absolute atomic E-state index is 11.2. The van der Waals surface area contributed by atoms with Crippen molar-refractivity contribution < 1.29 is 9.53 Å². The number of carbonyl (C=O) groups excluding carboxylic acids is 1. The minimum Gasteiger partial charge on any atom is -0.465 e. The molecule has 0 fully saturated rings. The zero-order chi connectivity index (χ0) is 10.7. The lowest BCUT2D eigenvalue weighted by Gasteiger charge is -2.07. The highest BCUT2D eigenvalue weighted by Gasteiger charge is 2.11. The van der Waals surface area contributed by atoms with E-state index in [1.165, 1.54) is 12.7 Å². The number of carbonyl (C=O) groups is 1. The Kier molecular flexibility index (Phi) is 3.07. The summed E-state index contributed by atoms with van der Waals surface area (Å²) in [6.45, 7) is 7.68. The Morgan fingerprint density at radius 2 is 2.00 bits per heavy atom. The van der Waals surface area contributed by atoms with E-state index in [4.69, 9.17) is 0 Å². The summed E-state index contributed by atoms with van der Waals surface area (Å²) in [5.41, 5.74) is 3.47. The molecule has 0 spiro atoms. The van der Waals surface area contributed by atoms with Gasteiger partial charge < -0.3 is 4.74 Å². The van der Waals surface area contributed by atoms with Crippen LogP contribution in [0.25, 0.3) is 5.57 Å². The number of hydrogen-bond acceptors (Lipinski definition) is 2. The molecule has 0 heterocycles. The van der Waals surface area contributed by atoms with E-state index in [2.05, 4.69) is 11.3 Å². The molecule has 0 saturated heterocycles. The van der Waals surface area contributed by atoms with E-state index in [1.54, 1.807) is 0 Å². The molecule has 1 aromatic carbocycles. The number of rotatable bonds is 2. The molecule has 2 nitrogen and oxygen atoms in total. The molecule has 0 aliphatic carbocycles. The van der Waals surface area contributed by atoms with Gasteiger partial charge in [0.2, 0.25) is 0 Å². The third-order valence-corrected chi connectivity index (χ3v) is 2.14. The van der Waals surface area contributed by atoms with Crippen molar-refractivity contribution in [3.05, 3.63) is 41.5 Å². The van der Waals surface area contributed by atoms with Gasteiger partial charge in [-0.1, -0.05) is 30.3 Å². The zero-order valence-corrected chi connectivity index (χ0v) is 8.76. The lowest BCUT2D eigenvalue weighted by molar-refractivity contribution is -0.133. The van der Waals surface area contributed by atoms with Gasteiger partial charge in [0.05, 0.1) is 12.7 Å². The highest BCUT2D eigenvalue weighted by Crippen LogP contribution is 2.19. The van der Waals surface area contributed by atoms with Crippen molar-refractivity contribution in [2.24, 2.45) is 0 Å². The van der Waals surface area contributed by atoms with Crippen LogP contribution in [0.15, 0.2) is 24.8 Å². The molecule has 0 amide bonds. The molecule has 0 saturated carbocycles. The minimum atomic E-state index is -0.378. The second-order valence-corrected chi connectivity index (χ2v) is 3.29. The van der Waals surface area contributed by atoms with Crippen LogP contribution in [0, 0.1) is 13.8 Å². The van der Waals surface area contributed by atoms with Gasteiger partial charge in [-0.15, -0.1) is 0 Å². The fraction of sp³-hybridized carbons (Fsp3) is 0.250. The van der Waals surface area contributed by atoms with Gasteiger partial charge in [0.1, 0.15) is 0 Å². The first-order chi connectivity index (χ1) is 6.56. The summed E-state index contributed by atoms with van der Waals surface area (Å²) in [4.78, 5) is 11.2. The van der Waals surface area contributed by atoms with Crippen LogP contribution in [0.3, 0.4) is 0 Å². The van der Waals surface area contributed by atoms with Crippen molar-refractivity contribution in [2.45, 2.75) is 13.8 Å². The number of esters is 1. The summed E-state index contributed by atoms with van der Waals surface area (Å²) in [7, 11) is 1.36. The highest BCUT2D eigenvalue weighted by atomic mass is 16.5. The molecule has 2 heteroatoms. The predicted octanol–water partition coefficient (Wildman–Crippen LogP) is 2.49. The van der Waals surface area contributed by atoms with Crippen LogP contribution in [0.2, 0.25) is 0 Å². The van der Waals surface area contributed by atoms with E-state index >= 15 is 0 Å². The first-order valence-electron chi connectivity index (χ1n) is 4.41. The molecule has 0 radical (unpaired) electrons. The van der Waals surface area contributed by atoms with Crippen LogP contribution in [0.5, 0.6) is 0 Å². The Balaban J connectivity index is 3.08. The average molecular weight is 190 g/mol. The number of aryl methyl sites for hydroxylation is 2. The molecule has 0 bridgehead atoms. The lowest BCUT2D eigenvalue weighted by Crippen LogP contribution is -2.03. The van der Waals surface area contributed by atoms with Crippen molar-refractivity contribution in [1.82, 2.24) is 0 Å². The largest absolute Gasteiger partial charge is 0.465 e. The molecule has 1 rings (SSSR count). The lowest BCUT2D eigenvalue weighted by atomic mass is 10.00. The Morgan fingerprint density at radius 1 is 1.36 bits per heavy atom. The topological polar surface area (TPSA) is 26.3 Å². The van der Waals surface area contributed by atoms with Gasteiger partial charge in [-0.05, 0) is 25.0 Å². The third-order valence-electron chi connectivity index (χ3n) is 2.14. The molecule has 74 valence electrons. The monoisotopic (exact) mass is 190 g/mol. The van der Waals surface area contributed by atoms with Crippen molar-refractivity contribution in [1.29, 1.82) is 0 Å². The van der Waals surface area contributed by atoms with Crippen LogP contribution >= 0.6 is 0 Å². The minimum absolute atomic E-state index is 0.378. The second kappa shape index (κ2) is 4.09. The van der Waals surface area contributed by atoms with E-state index in [0.29, 0.717) is 5.57 Å². The smallest absolute Gasteiger partial charge is 0.337 e.